The van der Waals surface area contributed by atoms with Gasteiger partial charge in [0.05, 0.1) is 16.5 Å². The van der Waals surface area contributed by atoms with Crippen molar-refractivity contribution in [1.82, 2.24) is 10.2 Å². The summed E-state index contributed by atoms with van der Waals surface area (Å²) in [6.45, 7) is 0. The van der Waals surface area contributed by atoms with Crippen molar-refractivity contribution in [2.75, 3.05) is 11.1 Å². The van der Waals surface area contributed by atoms with Gasteiger partial charge in [0, 0.05) is 5.41 Å². The minimum atomic E-state index is -0.136. The van der Waals surface area contributed by atoms with Crippen molar-refractivity contribution in [3.63, 3.8) is 0 Å². The molecule has 1 aromatic heterocycles. The zero-order valence-corrected chi connectivity index (χ0v) is 16.6. The first-order chi connectivity index (χ1) is 13.1. The van der Waals surface area contributed by atoms with E-state index in [1.807, 2.05) is 12.1 Å². The summed E-state index contributed by atoms with van der Waals surface area (Å²) in [6.07, 6.45) is 7.74. The number of hydrogen-bond donors (Lipinski definition) is 1. The zero-order valence-electron chi connectivity index (χ0n) is 15.0. The van der Waals surface area contributed by atoms with E-state index in [1.54, 1.807) is 12.1 Å². The largest absolute Gasteiger partial charge is 0.415 e. The SMILES string of the molecule is O=C(CSc1nnc(C23CC4CC(CC(C4)C2)C3)o1)Nc1ccccc1Cl. The van der Waals surface area contributed by atoms with Gasteiger partial charge in [0.1, 0.15) is 0 Å². The van der Waals surface area contributed by atoms with Crippen molar-refractivity contribution in [3.8, 4) is 0 Å². The molecule has 1 N–H and O–H groups in total. The zero-order chi connectivity index (χ0) is 18.4. The summed E-state index contributed by atoms with van der Waals surface area (Å²) in [7, 11) is 0. The van der Waals surface area contributed by atoms with E-state index in [0.29, 0.717) is 15.9 Å². The predicted molar refractivity (Wildman–Crippen MR) is 105 cm³/mol. The molecule has 0 saturated heterocycles. The van der Waals surface area contributed by atoms with E-state index in [-0.39, 0.29) is 17.1 Å². The Morgan fingerprint density at radius 1 is 1.15 bits per heavy atom. The molecule has 2 aromatic rings. The Labute approximate surface area is 167 Å². The molecule has 1 aromatic carbocycles. The molecule has 1 heterocycles. The van der Waals surface area contributed by atoms with Crippen LogP contribution in [0.3, 0.4) is 0 Å². The first kappa shape index (κ1) is 17.6. The maximum Gasteiger partial charge on any atom is 0.277 e. The summed E-state index contributed by atoms with van der Waals surface area (Å²) >= 11 is 7.36. The van der Waals surface area contributed by atoms with Crippen molar-refractivity contribution in [1.29, 1.82) is 0 Å². The van der Waals surface area contributed by atoms with Crippen LogP contribution < -0.4 is 5.32 Å². The van der Waals surface area contributed by atoms with Gasteiger partial charge in [0.15, 0.2) is 0 Å². The molecule has 5 nitrogen and oxygen atoms in total. The number of nitrogens with one attached hydrogen (secondary N) is 1. The molecule has 7 heteroatoms. The number of anilines is 1. The fourth-order valence-corrected chi connectivity index (χ4v) is 6.48. The van der Waals surface area contributed by atoms with Gasteiger partial charge in [-0.15, -0.1) is 10.2 Å². The molecule has 4 bridgehead atoms. The lowest BCUT2D eigenvalue weighted by Gasteiger charge is -2.55. The van der Waals surface area contributed by atoms with Gasteiger partial charge in [-0.05, 0) is 68.4 Å². The Balaban J connectivity index is 1.23. The Hall–Kier alpha value is -1.53. The molecule has 142 valence electrons. The van der Waals surface area contributed by atoms with Crippen LogP contribution in [0.1, 0.15) is 44.4 Å². The fourth-order valence-electron chi connectivity index (χ4n) is 5.73. The number of nitrogens with zero attached hydrogens (tertiary/aromatic N) is 2. The first-order valence-corrected chi connectivity index (χ1v) is 11.0. The van der Waals surface area contributed by atoms with Crippen molar-refractivity contribution >= 4 is 35.0 Å². The maximum absolute atomic E-state index is 12.2. The summed E-state index contributed by atoms with van der Waals surface area (Å²) in [5, 5.41) is 12.4. The van der Waals surface area contributed by atoms with E-state index in [4.69, 9.17) is 16.0 Å². The Morgan fingerprint density at radius 3 is 2.48 bits per heavy atom. The highest BCUT2D eigenvalue weighted by atomic mass is 35.5. The van der Waals surface area contributed by atoms with Crippen LogP contribution in [0.2, 0.25) is 5.02 Å². The Kier molecular flexibility index (Phi) is 4.43. The number of carbonyl (C=O) groups excluding carboxylic acids is 1. The molecule has 4 fully saturated rings. The van der Waals surface area contributed by atoms with Crippen LogP contribution in [0.15, 0.2) is 33.9 Å². The first-order valence-electron chi connectivity index (χ1n) is 9.61. The highest BCUT2D eigenvalue weighted by molar-refractivity contribution is 7.99. The van der Waals surface area contributed by atoms with Gasteiger partial charge in [-0.3, -0.25) is 4.79 Å². The molecular formula is C20H22ClN3O2S. The van der Waals surface area contributed by atoms with Crippen LogP contribution in [-0.4, -0.2) is 21.9 Å². The maximum atomic E-state index is 12.2. The van der Waals surface area contributed by atoms with E-state index < -0.39 is 0 Å². The van der Waals surface area contributed by atoms with Gasteiger partial charge in [-0.25, -0.2) is 0 Å². The number of hydrogen-bond acceptors (Lipinski definition) is 5. The summed E-state index contributed by atoms with van der Waals surface area (Å²) < 4.78 is 6.03. The highest BCUT2D eigenvalue weighted by Gasteiger charge is 2.54. The van der Waals surface area contributed by atoms with Crippen molar-refractivity contribution in [2.45, 2.75) is 49.2 Å². The van der Waals surface area contributed by atoms with Crippen molar-refractivity contribution in [3.05, 3.63) is 35.2 Å². The summed E-state index contributed by atoms with van der Waals surface area (Å²) in [6, 6.07) is 7.20. The lowest BCUT2D eigenvalue weighted by molar-refractivity contribution is -0.113. The average molecular weight is 404 g/mol. The molecule has 0 unspecified atom stereocenters. The molecule has 0 spiro atoms. The predicted octanol–water partition coefficient (Wildman–Crippen LogP) is 4.92. The summed E-state index contributed by atoms with van der Waals surface area (Å²) in [4.78, 5) is 12.2. The normalized spacial score (nSPS) is 31.2. The number of amides is 1. The molecule has 1 amide bonds. The minimum Gasteiger partial charge on any atom is -0.415 e. The number of benzene rings is 1. The summed E-state index contributed by atoms with van der Waals surface area (Å²) in [5.41, 5.74) is 0.713. The standard InChI is InChI=1S/C20H22ClN3O2S/c21-15-3-1-2-4-16(15)22-17(25)11-27-19-24-23-18(26-19)20-8-12-5-13(9-20)7-14(6-12)10-20/h1-4,12-14H,5-11H2,(H,22,25). The van der Waals surface area contributed by atoms with E-state index in [0.717, 1.165) is 23.6 Å². The van der Waals surface area contributed by atoms with Gasteiger partial charge in [-0.2, -0.15) is 0 Å². The third kappa shape index (κ3) is 3.38. The van der Waals surface area contributed by atoms with Gasteiger partial charge < -0.3 is 9.73 Å². The fraction of sp³-hybridized carbons (Fsp3) is 0.550. The number of thioether (sulfide) groups is 1. The second kappa shape index (κ2) is 6.82. The van der Waals surface area contributed by atoms with Crippen molar-refractivity contribution in [2.24, 2.45) is 17.8 Å². The number of rotatable bonds is 5. The molecule has 4 aliphatic rings. The lowest BCUT2D eigenvalue weighted by Crippen LogP contribution is -2.48. The van der Waals surface area contributed by atoms with Crippen LogP contribution >= 0.6 is 23.4 Å². The molecule has 4 saturated carbocycles. The smallest absolute Gasteiger partial charge is 0.277 e. The molecule has 4 aliphatic carbocycles. The molecular weight excluding hydrogens is 382 g/mol. The topological polar surface area (TPSA) is 68.0 Å². The van der Waals surface area contributed by atoms with Crippen LogP contribution in [0, 0.1) is 17.8 Å². The molecule has 0 radical (unpaired) electrons. The number of carbonyl (C=O) groups is 1. The minimum absolute atomic E-state index is 0.0976. The third-order valence-corrected chi connectivity index (χ3v) is 7.52. The Bertz CT molecular complexity index is 833. The highest BCUT2D eigenvalue weighted by Crippen LogP contribution is 2.60. The van der Waals surface area contributed by atoms with E-state index in [2.05, 4.69) is 15.5 Å². The monoisotopic (exact) mass is 403 g/mol. The van der Waals surface area contributed by atoms with Gasteiger partial charge >= 0.3 is 0 Å². The third-order valence-electron chi connectivity index (χ3n) is 6.37. The van der Waals surface area contributed by atoms with Gasteiger partial charge in [0.2, 0.25) is 11.8 Å². The molecule has 0 aliphatic heterocycles. The van der Waals surface area contributed by atoms with E-state index in [1.165, 1.54) is 50.3 Å². The quantitative estimate of drug-likeness (QED) is 0.717. The van der Waals surface area contributed by atoms with Crippen LogP contribution in [0.4, 0.5) is 5.69 Å². The lowest BCUT2D eigenvalue weighted by atomic mass is 9.49. The van der Waals surface area contributed by atoms with Crippen molar-refractivity contribution < 1.29 is 9.21 Å². The van der Waals surface area contributed by atoms with Gasteiger partial charge in [0.25, 0.3) is 5.22 Å². The number of para-hydroxylation sites is 1. The van der Waals surface area contributed by atoms with Gasteiger partial charge in [-0.1, -0.05) is 35.5 Å². The molecule has 0 atom stereocenters. The number of aromatic nitrogens is 2. The Morgan fingerprint density at radius 2 is 1.81 bits per heavy atom. The summed E-state index contributed by atoms with van der Waals surface area (Å²) in [5.74, 6) is 3.38. The van der Waals surface area contributed by atoms with E-state index >= 15 is 0 Å². The van der Waals surface area contributed by atoms with E-state index in [9.17, 15) is 4.79 Å². The van der Waals surface area contributed by atoms with Crippen LogP contribution in [-0.2, 0) is 10.2 Å². The van der Waals surface area contributed by atoms with Crippen LogP contribution in [0.25, 0.3) is 0 Å². The second-order valence-corrected chi connectivity index (χ2v) is 9.72. The second-order valence-electron chi connectivity index (χ2n) is 8.39. The number of halogens is 1. The average Bonchev–Trinajstić information content (AvgIpc) is 3.11. The molecule has 6 rings (SSSR count). The molecule has 27 heavy (non-hydrogen) atoms. The van der Waals surface area contributed by atoms with Crippen LogP contribution in [0.5, 0.6) is 0 Å².